The Balaban J connectivity index is 1.39. The highest BCUT2D eigenvalue weighted by molar-refractivity contribution is 5.65. The zero-order valence-electron chi connectivity index (χ0n) is 19.2. The van der Waals surface area contributed by atoms with Crippen LogP contribution in [0, 0.1) is 29.0 Å². The van der Waals surface area contributed by atoms with E-state index < -0.39 is 0 Å². The van der Waals surface area contributed by atoms with Crippen LogP contribution in [-0.2, 0) is 6.42 Å². The maximum absolute atomic E-state index is 14.7. The van der Waals surface area contributed by atoms with E-state index in [1.165, 1.54) is 77.0 Å². The number of hydrogen-bond donors (Lipinski definition) is 0. The van der Waals surface area contributed by atoms with Crippen LogP contribution in [0.3, 0.4) is 0 Å². The Morgan fingerprint density at radius 2 is 1.48 bits per heavy atom. The summed E-state index contributed by atoms with van der Waals surface area (Å²) in [7, 11) is 0. The molecule has 0 radical (unpaired) electrons. The summed E-state index contributed by atoms with van der Waals surface area (Å²) < 4.78 is 14.7. The van der Waals surface area contributed by atoms with Crippen LogP contribution >= 0.6 is 0 Å². The number of nitriles is 1. The molecule has 1 fully saturated rings. The van der Waals surface area contributed by atoms with Crippen molar-refractivity contribution in [2.45, 2.75) is 90.4 Å². The molecular weight excluding hydrogens is 381 g/mol. The van der Waals surface area contributed by atoms with Crippen LogP contribution < -0.4 is 0 Å². The van der Waals surface area contributed by atoms with E-state index in [-0.39, 0.29) is 5.82 Å². The Kier molecular flexibility index (Phi) is 9.60. The number of hydrogen-bond acceptors (Lipinski definition) is 1. The van der Waals surface area contributed by atoms with Crippen LogP contribution in [0.25, 0.3) is 11.1 Å². The molecule has 1 aliphatic carbocycles. The van der Waals surface area contributed by atoms with E-state index in [2.05, 4.69) is 19.1 Å². The molecule has 31 heavy (non-hydrogen) atoms. The molecule has 1 nitrogen and oxygen atoms in total. The number of benzene rings is 2. The van der Waals surface area contributed by atoms with Crippen LogP contribution in [0.15, 0.2) is 42.5 Å². The minimum absolute atomic E-state index is 0.162. The predicted octanol–water partition coefficient (Wildman–Crippen LogP) is 8.85. The summed E-state index contributed by atoms with van der Waals surface area (Å²) in [6.45, 7) is 2.28. The van der Waals surface area contributed by atoms with Crippen LogP contribution in [0.4, 0.5) is 4.39 Å². The lowest BCUT2D eigenvalue weighted by Crippen LogP contribution is -2.15. The minimum Gasteiger partial charge on any atom is -0.206 e. The van der Waals surface area contributed by atoms with Gasteiger partial charge in [0.15, 0.2) is 0 Å². The second-order valence-corrected chi connectivity index (χ2v) is 9.49. The summed E-state index contributed by atoms with van der Waals surface area (Å²) in [4.78, 5) is 0. The average molecular weight is 420 g/mol. The van der Waals surface area contributed by atoms with Gasteiger partial charge in [-0.05, 0) is 54.0 Å². The Labute approximate surface area is 188 Å². The second-order valence-electron chi connectivity index (χ2n) is 9.49. The van der Waals surface area contributed by atoms with Crippen LogP contribution in [-0.4, -0.2) is 0 Å². The van der Waals surface area contributed by atoms with Crippen molar-refractivity contribution in [1.29, 1.82) is 5.26 Å². The summed E-state index contributed by atoms with van der Waals surface area (Å²) in [6, 6.07) is 14.9. The molecule has 0 atom stereocenters. The first-order valence-electron chi connectivity index (χ1n) is 12.5. The first-order chi connectivity index (χ1) is 15.2. The fraction of sp³-hybridized carbons (Fsp3) is 0.552. The molecule has 2 aromatic rings. The number of nitrogens with zero attached hydrogens (tertiary/aromatic N) is 1. The molecule has 1 aliphatic rings. The van der Waals surface area contributed by atoms with Crippen molar-refractivity contribution in [3.05, 3.63) is 59.4 Å². The minimum atomic E-state index is -0.162. The molecule has 0 aliphatic heterocycles. The fourth-order valence-electron chi connectivity index (χ4n) is 5.07. The summed E-state index contributed by atoms with van der Waals surface area (Å²) >= 11 is 0. The van der Waals surface area contributed by atoms with Crippen molar-refractivity contribution in [1.82, 2.24) is 0 Å². The molecule has 0 aromatic heterocycles. The first kappa shape index (κ1) is 23.5. The van der Waals surface area contributed by atoms with Crippen molar-refractivity contribution in [2.75, 3.05) is 0 Å². The van der Waals surface area contributed by atoms with Crippen molar-refractivity contribution in [3.63, 3.8) is 0 Å². The lowest BCUT2D eigenvalue weighted by molar-refractivity contribution is 0.248. The Hall–Kier alpha value is -2.14. The third kappa shape index (κ3) is 7.49. The van der Waals surface area contributed by atoms with E-state index in [0.717, 1.165) is 29.4 Å². The largest absolute Gasteiger partial charge is 0.206 e. The normalized spacial score (nSPS) is 18.6. The summed E-state index contributed by atoms with van der Waals surface area (Å²) in [5.74, 6) is 1.60. The van der Waals surface area contributed by atoms with Gasteiger partial charge in [-0.1, -0.05) is 102 Å². The molecule has 2 aromatic carbocycles. The molecule has 1 saturated carbocycles. The third-order valence-corrected chi connectivity index (χ3v) is 7.13. The first-order valence-corrected chi connectivity index (χ1v) is 12.5. The van der Waals surface area contributed by atoms with Crippen molar-refractivity contribution in [3.8, 4) is 17.2 Å². The van der Waals surface area contributed by atoms with Crippen LogP contribution in [0.5, 0.6) is 0 Å². The van der Waals surface area contributed by atoms with Crippen molar-refractivity contribution in [2.24, 2.45) is 11.8 Å². The highest BCUT2D eigenvalue weighted by atomic mass is 19.1. The van der Waals surface area contributed by atoms with Gasteiger partial charge in [-0.15, -0.1) is 0 Å². The third-order valence-electron chi connectivity index (χ3n) is 7.13. The number of unbranched alkanes of at least 4 members (excludes halogenated alkanes) is 5. The van der Waals surface area contributed by atoms with Gasteiger partial charge in [0, 0.05) is 5.56 Å². The number of rotatable bonds is 11. The van der Waals surface area contributed by atoms with Gasteiger partial charge in [0.2, 0.25) is 0 Å². The highest BCUT2D eigenvalue weighted by Crippen LogP contribution is 2.34. The zero-order valence-corrected chi connectivity index (χ0v) is 19.2. The topological polar surface area (TPSA) is 23.8 Å². The summed E-state index contributed by atoms with van der Waals surface area (Å²) in [5.41, 5.74) is 3.14. The molecule has 0 saturated heterocycles. The van der Waals surface area contributed by atoms with E-state index in [4.69, 9.17) is 5.26 Å². The quantitative estimate of drug-likeness (QED) is 0.334. The molecule has 0 amide bonds. The standard InChI is InChI=1S/C29H38FN/c1-2-3-4-5-6-7-8-23-9-11-24(12-10-23)13-14-25-17-20-28(29(30)21-25)27-18-15-26(22-31)16-19-27/h15-21,23-24H,2-14H2,1H3. The smallest absolute Gasteiger partial charge is 0.131 e. The molecule has 3 rings (SSSR count). The van der Waals surface area contributed by atoms with Gasteiger partial charge in [0.1, 0.15) is 5.82 Å². The van der Waals surface area contributed by atoms with E-state index in [1.54, 1.807) is 18.2 Å². The molecule has 0 bridgehead atoms. The molecule has 166 valence electrons. The average Bonchev–Trinajstić information content (AvgIpc) is 2.81. The monoisotopic (exact) mass is 419 g/mol. The van der Waals surface area contributed by atoms with Gasteiger partial charge >= 0.3 is 0 Å². The molecule has 0 N–H and O–H groups in total. The maximum atomic E-state index is 14.7. The Morgan fingerprint density at radius 1 is 0.839 bits per heavy atom. The molecule has 0 heterocycles. The lowest BCUT2D eigenvalue weighted by atomic mass is 9.77. The second kappa shape index (κ2) is 12.7. The fourth-order valence-corrected chi connectivity index (χ4v) is 5.07. The van der Waals surface area contributed by atoms with E-state index in [9.17, 15) is 4.39 Å². The molecule has 0 spiro atoms. The van der Waals surface area contributed by atoms with Crippen LogP contribution in [0.2, 0.25) is 0 Å². The zero-order chi connectivity index (χ0) is 21.9. The Bertz CT molecular complexity index is 825. The SMILES string of the molecule is CCCCCCCCC1CCC(CCc2ccc(-c3ccc(C#N)cc3)c(F)c2)CC1. The van der Waals surface area contributed by atoms with Gasteiger partial charge in [-0.3, -0.25) is 0 Å². The van der Waals surface area contributed by atoms with Crippen LogP contribution in [0.1, 0.15) is 95.1 Å². The van der Waals surface area contributed by atoms with Crippen molar-refractivity contribution >= 4 is 0 Å². The maximum Gasteiger partial charge on any atom is 0.131 e. The predicted molar refractivity (Wildman–Crippen MR) is 128 cm³/mol. The Morgan fingerprint density at radius 3 is 2.13 bits per heavy atom. The van der Waals surface area contributed by atoms with E-state index >= 15 is 0 Å². The number of aryl methyl sites for hydroxylation is 1. The van der Waals surface area contributed by atoms with Crippen molar-refractivity contribution < 1.29 is 4.39 Å². The highest BCUT2D eigenvalue weighted by Gasteiger charge is 2.20. The van der Waals surface area contributed by atoms with Gasteiger partial charge in [0.25, 0.3) is 0 Å². The van der Waals surface area contributed by atoms with Gasteiger partial charge in [-0.25, -0.2) is 4.39 Å². The lowest BCUT2D eigenvalue weighted by Gasteiger charge is -2.28. The molecule has 0 unspecified atom stereocenters. The van der Waals surface area contributed by atoms with E-state index in [1.807, 2.05) is 18.2 Å². The van der Waals surface area contributed by atoms with Gasteiger partial charge in [-0.2, -0.15) is 5.26 Å². The van der Waals surface area contributed by atoms with Gasteiger partial charge in [0.05, 0.1) is 11.6 Å². The van der Waals surface area contributed by atoms with Gasteiger partial charge < -0.3 is 0 Å². The van der Waals surface area contributed by atoms with E-state index in [0.29, 0.717) is 11.1 Å². The number of halogens is 1. The summed E-state index contributed by atoms with van der Waals surface area (Å²) in [6.07, 6.45) is 17.5. The molecule has 2 heteroatoms. The summed E-state index contributed by atoms with van der Waals surface area (Å²) in [5, 5.41) is 8.92. The molecular formula is C29H38FN.